The first-order chi connectivity index (χ1) is 16.4. The highest BCUT2D eigenvalue weighted by Gasteiger charge is 2.54. The van der Waals surface area contributed by atoms with E-state index in [-0.39, 0.29) is 23.3 Å². The number of carboxylic acids is 1. The maximum absolute atomic E-state index is 13.0. The number of allylic oxidation sites excluding steroid dienone is 1. The molecular weight excluding hydrogens is 478 g/mol. The van der Waals surface area contributed by atoms with E-state index in [9.17, 15) is 24.3 Å². The highest BCUT2D eigenvalue weighted by atomic mass is 32.2. The van der Waals surface area contributed by atoms with Crippen LogP contribution in [0.2, 0.25) is 0 Å². The van der Waals surface area contributed by atoms with E-state index in [0.717, 1.165) is 30.2 Å². The minimum atomic E-state index is -1.19. The lowest BCUT2D eigenvalue weighted by atomic mass is 9.91. The van der Waals surface area contributed by atoms with Crippen molar-refractivity contribution >= 4 is 47.2 Å². The van der Waals surface area contributed by atoms with Gasteiger partial charge >= 0.3 is 5.97 Å². The second-order valence-corrected chi connectivity index (χ2v) is 10.6. The number of rotatable bonds is 8. The van der Waals surface area contributed by atoms with Crippen molar-refractivity contribution in [2.24, 2.45) is 5.92 Å². The molecule has 3 aliphatic heterocycles. The van der Waals surface area contributed by atoms with Crippen molar-refractivity contribution in [1.29, 1.82) is 0 Å². The number of carboxylic acid groups (broad SMARTS) is 1. The SMILES string of the molecule is O=C(CSc1ncccn1)N[C@@H]1C(=O)N2C(C(=O)O)=C(C(CC3CC3)=C3CCNC3=O)CS[C@H]12. The summed E-state index contributed by atoms with van der Waals surface area (Å²) in [5.74, 6) is -1.28. The Bertz CT molecular complexity index is 1120. The molecule has 0 radical (unpaired) electrons. The number of carbonyl (C=O) groups excluding carboxylic acids is 3. The molecule has 5 rings (SSSR count). The number of amides is 3. The van der Waals surface area contributed by atoms with Crippen molar-refractivity contribution in [1.82, 2.24) is 25.5 Å². The molecule has 12 heteroatoms. The maximum atomic E-state index is 13.0. The normalized spacial score (nSPS) is 25.5. The number of aromatic nitrogens is 2. The van der Waals surface area contributed by atoms with Crippen LogP contribution in [0.3, 0.4) is 0 Å². The molecule has 0 spiro atoms. The summed E-state index contributed by atoms with van der Waals surface area (Å²) in [4.78, 5) is 59.5. The molecule has 1 aromatic heterocycles. The Kier molecular flexibility index (Phi) is 6.34. The Morgan fingerprint density at radius 1 is 1.26 bits per heavy atom. The van der Waals surface area contributed by atoms with Crippen molar-refractivity contribution in [3.05, 3.63) is 40.9 Å². The Labute approximate surface area is 204 Å². The van der Waals surface area contributed by atoms with Gasteiger partial charge in [-0.05, 0) is 48.8 Å². The van der Waals surface area contributed by atoms with Crippen LogP contribution < -0.4 is 10.6 Å². The smallest absolute Gasteiger partial charge is 0.352 e. The second kappa shape index (κ2) is 9.41. The van der Waals surface area contributed by atoms with Crippen LogP contribution in [0.1, 0.15) is 25.7 Å². The van der Waals surface area contributed by atoms with Crippen LogP contribution >= 0.6 is 23.5 Å². The average molecular weight is 502 g/mol. The van der Waals surface area contributed by atoms with E-state index in [0.29, 0.717) is 47.4 Å². The topological polar surface area (TPSA) is 142 Å². The quantitative estimate of drug-likeness (QED) is 0.205. The third-order valence-corrected chi connectivity index (χ3v) is 8.37. The number of nitrogens with one attached hydrogen (secondary N) is 2. The standard InChI is InChI=1S/C22H23N5O5S2/c28-15(10-34-22-24-5-1-6-25-22)26-16-19(30)27-17(21(31)32)14(9-33-20(16)27)13(8-11-2-3-11)12-4-7-23-18(12)29/h1,5-6,11,16,20H,2-4,7-10H2,(H,23,29)(H,26,28)(H,31,32)/t16-,20-/m1/s1. The van der Waals surface area contributed by atoms with E-state index in [2.05, 4.69) is 20.6 Å². The summed E-state index contributed by atoms with van der Waals surface area (Å²) in [6.07, 6.45) is 6.50. The van der Waals surface area contributed by atoms with E-state index in [1.54, 1.807) is 18.5 Å². The van der Waals surface area contributed by atoms with Crippen molar-refractivity contribution in [2.75, 3.05) is 18.1 Å². The van der Waals surface area contributed by atoms with E-state index in [1.807, 2.05) is 0 Å². The first-order valence-electron chi connectivity index (χ1n) is 11.0. The fraction of sp³-hybridized carbons (Fsp3) is 0.455. The number of hydrogen-bond donors (Lipinski definition) is 3. The van der Waals surface area contributed by atoms with Gasteiger partial charge in [-0.15, -0.1) is 11.8 Å². The Morgan fingerprint density at radius 2 is 2.03 bits per heavy atom. The summed E-state index contributed by atoms with van der Waals surface area (Å²) in [6.45, 7) is 0.538. The molecule has 3 amide bonds. The van der Waals surface area contributed by atoms with Crippen molar-refractivity contribution in [2.45, 2.75) is 42.3 Å². The summed E-state index contributed by atoms with van der Waals surface area (Å²) in [6, 6.07) is 0.888. The Hall–Kier alpha value is -2.86. The first-order valence-corrected chi connectivity index (χ1v) is 13.1. The van der Waals surface area contributed by atoms with Gasteiger partial charge in [-0.1, -0.05) is 11.8 Å². The fourth-order valence-corrected chi connectivity index (χ4v) is 6.40. The summed E-state index contributed by atoms with van der Waals surface area (Å²) in [5, 5.41) is 15.5. The van der Waals surface area contributed by atoms with Gasteiger partial charge < -0.3 is 15.7 Å². The Morgan fingerprint density at radius 3 is 2.68 bits per heavy atom. The number of fused-ring (bicyclic) bond motifs is 1. The number of aliphatic carboxylic acids is 1. The van der Waals surface area contributed by atoms with Gasteiger partial charge in [0.05, 0.1) is 5.75 Å². The maximum Gasteiger partial charge on any atom is 0.352 e. The van der Waals surface area contributed by atoms with Gasteiger partial charge in [-0.2, -0.15) is 0 Å². The van der Waals surface area contributed by atoms with E-state index in [4.69, 9.17) is 0 Å². The van der Waals surface area contributed by atoms with Crippen LogP contribution in [-0.2, 0) is 19.2 Å². The lowest BCUT2D eigenvalue weighted by Gasteiger charge is -2.49. The van der Waals surface area contributed by atoms with Crippen LogP contribution in [0.15, 0.2) is 46.0 Å². The minimum absolute atomic E-state index is 0.0464. The molecule has 4 heterocycles. The van der Waals surface area contributed by atoms with E-state index < -0.39 is 23.3 Å². The first kappa shape index (κ1) is 22.9. The van der Waals surface area contributed by atoms with Crippen molar-refractivity contribution in [3.8, 4) is 0 Å². The second-order valence-electron chi connectivity index (χ2n) is 8.52. The fourth-order valence-electron chi connectivity index (χ4n) is 4.40. The van der Waals surface area contributed by atoms with Crippen LogP contribution in [0.5, 0.6) is 0 Å². The van der Waals surface area contributed by atoms with E-state index in [1.165, 1.54) is 16.7 Å². The summed E-state index contributed by atoms with van der Waals surface area (Å²) in [7, 11) is 0. The molecule has 1 aliphatic carbocycles. The van der Waals surface area contributed by atoms with Gasteiger partial charge in [0, 0.05) is 30.3 Å². The van der Waals surface area contributed by atoms with Gasteiger partial charge in [0.1, 0.15) is 17.1 Å². The van der Waals surface area contributed by atoms with Crippen molar-refractivity contribution in [3.63, 3.8) is 0 Å². The molecule has 3 N–H and O–H groups in total. The molecule has 2 saturated heterocycles. The highest BCUT2D eigenvalue weighted by molar-refractivity contribution is 8.00. The van der Waals surface area contributed by atoms with E-state index >= 15 is 0 Å². The molecule has 2 atom stereocenters. The predicted molar refractivity (Wildman–Crippen MR) is 124 cm³/mol. The molecule has 1 saturated carbocycles. The lowest BCUT2D eigenvalue weighted by Crippen LogP contribution is -2.70. The molecule has 0 bridgehead atoms. The number of hydrogen-bond acceptors (Lipinski definition) is 8. The molecule has 4 aliphatic rings. The number of carbonyl (C=O) groups is 4. The lowest BCUT2D eigenvalue weighted by molar-refractivity contribution is -0.150. The van der Waals surface area contributed by atoms with Crippen molar-refractivity contribution < 1.29 is 24.3 Å². The third-order valence-electron chi connectivity index (χ3n) is 6.21. The monoisotopic (exact) mass is 501 g/mol. The van der Waals surface area contributed by atoms with Gasteiger partial charge in [0.2, 0.25) is 11.8 Å². The van der Waals surface area contributed by atoms with Gasteiger partial charge in [-0.3, -0.25) is 19.3 Å². The van der Waals surface area contributed by atoms with Crippen LogP contribution in [0.25, 0.3) is 0 Å². The van der Waals surface area contributed by atoms with Crippen LogP contribution in [0.4, 0.5) is 0 Å². The molecule has 3 fully saturated rings. The molecule has 34 heavy (non-hydrogen) atoms. The minimum Gasteiger partial charge on any atom is -0.477 e. The molecule has 0 aromatic carbocycles. The van der Waals surface area contributed by atoms with Crippen LogP contribution in [-0.4, -0.2) is 73.1 Å². The number of β-lactam (4-membered cyclic amide) rings is 1. The van der Waals surface area contributed by atoms with Gasteiger partial charge in [0.25, 0.3) is 5.91 Å². The van der Waals surface area contributed by atoms with Gasteiger partial charge in [-0.25, -0.2) is 14.8 Å². The molecule has 0 unspecified atom stereocenters. The molecule has 1 aromatic rings. The zero-order valence-electron chi connectivity index (χ0n) is 18.2. The highest BCUT2D eigenvalue weighted by Crippen LogP contribution is 2.46. The molecular formula is C22H23N5O5S2. The third kappa shape index (κ3) is 4.43. The Balaban J connectivity index is 1.34. The number of thioether (sulfide) groups is 2. The number of nitrogens with zero attached hydrogens (tertiary/aromatic N) is 3. The largest absolute Gasteiger partial charge is 0.477 e. The zero-order valence-corrected chi connectivity index (χ0v) is 19.8. The zero-order chi connectivity index (χ0) is 23.8. The van der Waals surface area contributed by atoms with Gasteiger partial charge in [0.15, 0.2) is 5.16 Å². The molecule has 178 valence electrons. The van der Waals surface area contributed by atoms with Crippen LogP contribution in [0, 0.1) is 5.92 Å². The predicted octanol–water partition coefficient (Wildman–Crippen LogP) is 0.924. The summed E-state index contributed by atoms with van der Waals surface area (Å²) < 4.78 is 0. The summed E-state index contributed by atoms with van der Waals surface area (Å²) in [5.41, 5.74) is 1.91. The average Bonchev–Trinajstić information content (AvgIpc) is 3.57. The molecule has 10 nitrogen and oxygen atoms in total. The summed E-state index contributed by atoms with van der Waals surface area (Å²) >= 11 is 2.58.